The quantitative estimate of drug-likeness (QED) is 0.711. The van der Waals surface area contributed by atoms with Gasteiger partial charge in [-0.15, -0.1) is 0 Å². The van der Waals surface area contributed by atoms with Crippen molar-refractivity contribution in [2.75, 3.05) is 0 Å². The Morgan fingerprint density at radius 1 is 1.38 bits per heavy atom. The summed E-state index contributed by atoms with van der Waals surface area (Å²) in [4.78, 5) is 11.6. The van der Waals surface area contributed by atoms with Crippen LogP contribution in [-0.4, -0.2) is 17.0 Å². The SMILES string of the molecule is CCC(CC)C(O)C(=O)C1CCC1. The van der Waals surface area contributed by atoms with Crippen molar-refractivity contribution in [1.82, 2.24) is 0 Å². The molecule has 1 aliphatic carbocycles. The molecule has 1 unspecified atom stereocenters. The summed E-state index contributed by atoms with van der Waals surface area (Å²) in [5.41, 5.74) is 0. The summed E-state index contributed by atoms with van der Waals surface area (Å²) in [7, 11) is 0. The van der Waals surface area contributed by atoms with E-state index in [0.29, 0.717) is 0 Å². The average molecular weight is 184 g/mol. The first-order valence-corrected chi connectivity index (χ1v) is 5.42. The topological polar surface area (TPSA) is 37.3 Å². The second kappa shape index (κ2) is 4.75. The summed E-state index contributed by atoms with van der Waals surface area (Å²) in [5, 5.41) is 9.76. The summed E-state index contributed by atoms with van der Waals surface area (Å²) in [6.07, 6.45) is 4.25. The van der Waals surface area contributed by atoms with Gasteiger partial charge in [-0.3, -0.25) is 4.79 Å². The zero-order chi connectivity index (χ0) is 9.84. The van der Waals surface area contributed by atoms with Crippen LogP contribution in [0.25, 0.3) is 0 Å². The molecule has 76 valence electrons. The molecule has 0 radical (unpaired) electrons. The van der Waals surface area contributed by atoms with Crippen molar-refractivity contribution in [3.63, 3.8) is 0 Å². The van der Waals surface area contributed by atoms with Gasteiger partial charge in [0.25, 0.3) is 0 Å². The standard InChI is InChI=1S/C11H20O2/c1-3-8(4-2)10(12)11(13)9-6-5-7-9/h8-10,12H,3-7H2,1-2H3. The van der Waals surface area contributed by atoms with Crippen LogP contribution in [0.3, 0.4) is 0 Å². The maximum Gasteiger partial charge on any atom is 0.164 e. The molecule has 1 atom stereocenters. The van der Waals surface area contributed by atoms with Gasteiger partial charge < -0.3 is 5.11 Å². The number of hydrogen-bond acceptors (Lipinski definition) is 2. The van der Waals surface area contributed by atoms with E-state index in [1.807, 2.05) is 13.8 Å². The van der Waals surface area contributed by atoms with Crippen LogP contribution in [0.1, 0.15) is 46.0 Å². The Balaban J connectivity index is 2.43. The minimum atomic E-state index is -0.694. The fourth-order valence-corrected chi connectivity index (χ4v) is 1.90. The molecule has 0 heterocycles. The second-order valence-electron chi connectivity index (χ2n) is 4.05. The minimum Gasteiger partial charge on any atom is -0.385 e. The Labute approximate surface area is 80.3 Å². The normalized spacial score (nSPS) is 20.0. The first-order chi connectivity index (χ1) is 6.20. The summed E-state index contributed by atoms with van der Waals surface area (Å²) >= 11 is 0. The fourth-order valence-electron chi connectivity index (χ4n) is 1.90. The number of aliphatic hydroxyl groups excluding tert-OH is 1. The van der Waals surface area contributed by atoms with Crippen molar-refractivity contribution >= 4 is 5.78 Å². The number of aliphatic hydroxyl groups is 1. The molecule has 0 saturated heterocycles. The molecule has 2 heteroatoms. The Morgan fingerprint density at radius 3 is 2.23 bits per heavy atom. The van der Waals surface area contributed by atoms with Crippen LogP contribution in [0.2, 0.25) is 0 Å². The molecule has 1 rings (SSSR count). The Kier molecular flexibility index (Phi) is 3.91. The van der Waals surface area contributed by atoms with E-state index in [4.69, 9.17) is 0 Å². The van der Waals surface area contributed by atoms with Crippen LogP contribution in [0.4, 0.5) is 0 Å². The third kappa shape index (κ3) is 2.31. The maximum absolute atomic E-state index is 11.6. The number of Topliss-reactive ketones (excluding diaryl/α,β-unsaturated/α-hetero) is 1. The van der Waals surface area contributed by atoms with Gasteiger partial charge in [-0.2, -0.15) is 0 Å². The Morgan fingerprint density at radius 2 is 1.92 bits per heavy atom. The lowest BCUT2D eigenvalue weighted by atomic mass is 9.77. The molecular weight excluding hydrogens is 164 g/mol. The van der Waals surface area contributed by atoms with E-state index in [0.717, 1.165) is 32.1 Å². The Hall–Kier alpha value is -0.370. The van der Waals surface area contributed by atoms with Crippen LogP contribution < -0.4 is 0 Å². The van der Waals surface area contributed by atoms with E-state index in [1.165, 1.54) is 0 Å². The zero-order valence-corrected chi connectivity index (χ0v) is 8.62. The highest BCUT2D eigenvalue weighted by Gasteiger charge is 2.32. The summed E-state index contributed by atoms with van der Waals surface area (Å²) in [5.74, 6) is 0.448. The monoisotopic (exact) mass is 184 g/mol. The molecule has 0 aliphatic heterocycles. The molecule has 1 fully saturated rings. The largest absolute Gasteiger partial charge is 0.385 e. The van der Waals surface area contributed by atoms with Crippen molar-refractivity contribution in [2.45, 2.75) is 52.1 Å². The van der Waals surface area contributed by atoms with Crippen molar-refractivity contribution in [3.05, 3.63) is 0 Å². The number of ketones is 1. The van der Waals surface area contributed by atoms with E-state index >= 15 is 0 Å². The highest BCUT2D eigenvalue weighted by molar-refractivity contribution is 5.86. The second-order valence-corrected chi connectivity index (χ2v) is 4.05. The molecule has 0 aromatic carbocycles. The summed E-state index contributed by atoms with van der Waals surface area (Å²) in [6.45, 7) is 4.07. The molecule has 1 aliphatic rings. The molecule has 13 heavy (non-hydrogen) atoms. The molecule has 0 spiro atoms. The summed E-state index contributed by atoms with van der Waals surface area (Å²) in [6, 6.07) is 0. The lowest BCUT2D eigenvalue weighted by molar-refractivity contribution is -0.136. The highest BCUT2D eigenvalue weighted by Crippen LogP contribution is 2.30. The molecule has 0 amide bonds. The van der Waals surface area contributed by atoms with Crippen molar-refractivity contribution in [3.8, 4) is 0 Å². The highest BCUT2D eigenvalue weighted by atomic mass is 16.3. The van der Waals surface area contributed by atoms with E-state index < -0.39 is 6.10 Å². The lowest BCUT2D eigenvalue weighted by Gasteiger charge is -2.29. The summed E-state index contributed by atoms with van der Waals surface area (Å²) < 4.78 is 0. The molecule has 0 aromatic rings. The van der Waals surface area contributed by atoms with Crippen LogP contribution in [0, 0.1) is 11.8 Å². The van der Waals surface area contributed by atoms with Gasteiger partial charge in [0.05, 0.1) is 0 Å². The van der Waals surface area contributed by atoms with Crippen LogP contribution in [-0.2, 0) is 4.79 Å². The van der Waals surface area contributed by atoms with Crippen LogP contribution in [0.15, 0.2) is 0 Å². The van der Waals surface area contributed by atoms with Crippen molar-refractivity contribution in [2.24, 2.45) is 11.8 Å². The van der Waals surface area contributed by atoms with Gasteiger partial charge in [-0.25, -0.2) is 0 Å². The first-order valence-electron chi connectivity index (χ1n) is 5.42. The van der Waals surface area contributed by atoms with E-state index in [2.05, 4.69) is 0 Å². The van der Waals surface area contributed by atoms with Crippen molar-refractivity contribution < 1.29 is 9.90 Å². The molecular formula is C11H20O2. The van der Waals surface area contributed by atoms with Gasteiger partial charge in [0.1, 0.15) is 6.10 Å². The van der Waals surface area contributed by atoms with Gasteiger partial charge in [0.2, 0.25) is 0 Å². The smallest absolute Gasteiger partial charge is 0.164 e. The predicted octanol–water partition coefficient (Wildman–Crippen LogP) is 2.15. The third-order valence-electron chi connectivity index (χ3n) is 3.29. The van der Waals surface area contributed by atoms with Crippen LogP contribution >= 0.6 is 0 Å². The maximum atomic E-state index is 11.6. The van der Waals surface area contributed by atoms with Gasteiger partial charge >= 0.3 is 0 Å². The fraction of sp³-hybridized carbons (Fsp3) is 0.909. The third-order valence-corrected chi connectivity index (χ3v) is 3.29. The Bertz CT molecular complexity index is 169. The van der Waals surface area contributed by atoms with Crippen LogP contribution in [0.5, 0.6) is 0 Å². The minimum absolute atomic E-state index is 0.0972. The molecule has 0 aromatic heterocycles. The van der Waals surface area contributed by atoms with E-state index in [1.54, 1.807) is 0 Å². The zero-order valence-electron chi connectivity index (χ0n) is 8.62. The lowest BCUT2D eigenvalue weighted by Crippen LogP contribution is -2.36. The van der Waals surface area contributed by atoms with Gasteiger partial charge in [-0.05, 0) is 18.8 Å². The number of carbonyl (C=O) groups excluding carboxylic acids is 1. The number of hydrogen-bond donors (Lipinski definition) is 1. The van der Waals surface area contributed by atoms with Gasteiger partial charge in [0, 0.05) is 5.92 Å². The average Bonchev–Trinajstić information content (AvgIpc) is 2.03. The predicted molar refractivity (Wildman–Crippen MR) is 52.4 cm³/mol. The van der Waals surface area contributed by atoms with E-state index in [9.17, 15) is 9.90 Å². The molecule has 1 saturated carbocycles. The van der Waals surface area contributed by atoms with Gasteiger partial charge in [0.15, 0.2) is 5.78 Å². The van der Waals surface area contributed by atoms with Crippen molar-refractivity contribution in [1.29, 1.82) is 0 Å². The van der Waals surface area contributed by atoms with E-state index in [-0.39, 0.29) is 17.6 Å². The molecule has 1 N–H and O–H groups in total. The number of carbonyl (C=O) groups is 1. The molecule has 0 bridgehead atoms. The first kappa shape index (κ1) is 10.7. The van der Waals surface area contributed by atoms with Gasteiger partial charge in [-0.1, -0.05) is 33.1 Å². The number of rotatable bonds is 5. The molecule has 2 nitrogen and oxygen atoms in total.